The molecule has 4 bridgehead atoms. The minimum absolute atomic E-state index is 0. The van der Waals surface area contributed by atoms with Gasteiger partial charge < -0.3 is 15.5 Å². The normalized spacial score (nSPS) is 33.0. The van der Waals surface area contributed by atoms with Crippen LogP contribution in [0.5, 0.6) is 0 Å². The Balaban J connectivity index is 0.00000160. The van der Waals surface area contributed by atoms with Crippen molar-refractivity contribution in [1.82, 2.24) is 15.5 Å². The standard InChI is InChI=1S/C24H44N4.2ClH/c25-23(26-9-5-4-8-12-28-10-6-2-1-3-7-11-28)27-19-24-16-20-13-21(17-24)15-22(14-20)18-24;;/h20-22H,1-19H2,(H3,25,26,27);2*1H. The summed E-state index contributed by atoms with van der Waals surface area (Å²) in [6.07, 6.45) is 19.7. The lowest BCUT2D eigenvalue weighted by Gasteiger charge is -2.57. The summed E-state index contributed by atoms with van der Waals surface area (Å²) in [6, 6.07) is 0. The number of guanidine groups is 1. The van der Waals surface area contributed by atoms with E-state index in [1.165, 1.54) is 110 Å². The van der Waals surface area contributed by atoms with Crippen LogP contribution in [-0.4, -0.2) is 43.6 Å². The van der Waals surface area contributed by atoms with Crippen LogP contribution in [0.1, 0.15) is 89.9 Å². The van der Waals surface area contributed by atoms with E-state index in [-0.39, 0.29) is 24.8 Å². The van der Waals surface area contributed by atoms with Crippen molar-refractivity contribution >= 4 is 30.8 Å². The lowest BCUT2D eigenvalue weighted by molar-refractivity contribution is -0.0492. The van der Waals surface area contributed by atoms with Crippen LogP contribution >= 0.6 is 24.8 Å². The van der Waals surface area contributed by atoms with Gasteiger partial charge in [0.15, 0.2) is 5.96 Å². The molecule has 0 aromatic rings. The van der Waals surface area contributed by atoms with E-state index in [1.807, 2.05) is 0 Å². The van der Waals surface area contributed by atoms with E-state index in [0.29, 0.717) is 11.4 Å². The van der Waals surface area contributed by atoms with Gasteiger partial charge in [-0.1, -0.05) is 25.7 Å². The smallest absolute Gasteiger partial charge is 0.188 e. The number of rotatable bonds is 8. The van der Waals surface area contributed by atoms with Crippen molar-refractivity contribution in [3.63, 3.8) is 0 Å². The Kier molecular flexibility index (Phi) is 11.1. The van der Waals surface area contributed by atoms with Gasteiger partial charge in [-0.2, -0.15) is 0 Å². The third-order valence-corrected chi connectivity index (χ3v) is 8.21. The molecule has 6 heteroatoms. The molecule has 30 heavy (non-hydrogen) atoms. The molecule has 1 aliphatic heterocycles. The van der Waals surface area contributed by atoms with Gasteiger partial charge in [0.05, 0.1) is 0 Å². The highest BCUT2D eigenvalue weighted by molar-refractivity contribution is 5.85. The van der Waals surface area contributed by atoms with Gasteiger partial charge in [-0.25, -0.2) is 0 Å². The van der Waals surface area contributed by atoms with Crippen molar-refractivity contribution < 1.29 is 0 Å². The molecule has 176 valence electrons. The largest absolute Gasteiger partial charge is 0.357 e. The molecule has 5 aliphatic rings. The third kappa shape index (κ3) is 7.45. The molecule has 1 heterocycles. The predicted octanol–water partition coefficient (Wildman–Crippen LogP) is 5.60. The van der Waals surface area contributed by atoms with E-state index in [0.717, 1.165) is 30.8 Å². The van der Waals surface area contributed by atoms with E-state index in [4.69, 9.17) is 5.41 Å². The Morgan fingerprint density at radius 1 is 0.767 bits per heavy atom. The van der Waals surface area contributed by atoms with E-state index in [9.17, 15) is 0 Å². The summed E-state index contributed by atoms with van der Waals surface area (Å²) in [6.45, 7) is 5.90. The highest BCUT2D eigenvalue weighted by atomic mass is 35.5. The molecule has 0 unspecified atom stereocenters. The van der Waals surface area contributed by atoms with Crippen molar-refractivity contribution in [3.8, 4) is 0 Å². The third-order valence-electron chi connectivity index (χ3n) is 8.21. The van der Waals surface area contributed by atoms with Gasteiger partial charge in [-0.15, -0.1) is 24.8 Å². The maximum absolute atomic E-state index is 8.25. The average molecular weight is 462 g/mol. The highest BCUT2D eigenvalue weighted by Gasteiger charge is 2.50. The number of halogens is 2. The van der Waals surface area contributed by atoms with E-state index in [1.54, 1.807) is 0 Å². The van der Waals surface area contributed by atoms with Gasteiger partial charge in [-0.05, 0) is 107 Å². The Hall–Kier alpha value is -0.190. The van der Waals surface area contributed by atoms with Crippen molar-refractivity contribution in [3.05, 3.63) is 0 Å². The van der Waals surface area contributed by atoms with Gasteiger partial charge in [0, 0.05) is 13.1 Å². The first-order valence-electron chi connectivity index (χ1n) is 12.5. The number of hydrogen-bond acceptors (Lipinski definition) is 2. The second-order valence-corrected chi connectivity index (χ2v) is 10.7. The predicted molar refractivity (Wildman–Crippen MR) is 132 cm³/mol. The fourth-order valence-electron chi connectivity index (χ4n) is 7.23. The lowest BCUT2D eigenvalue weighted by Crippen LogP contribution is -2.52. The molecule has 0 spiro atoms. The molecule has 1 saturated heterocycles. The first-order valence-corrected chi connectivity index (χ1v) is 12.5. The van der Waals surface area contributed by atoms with Gasteiger partial charge >= 0.3 is 0 Å². The average Bonchev–Trinajstić information content (AvgIpc) is 2.63. The van der Waals surface area contributed by atoms with Crippen LogP contribution < -0.4 is 10.6 Å². The Morgan fingerprint density at radius 2 is 1.33 bits per heavy atom. The molecule has 3 N–H and O–H groups in total. The fourth-order valence-corrected chi connectivity index (χ4v) is 7.23. The maximum Gasteiger partial charge on any atom is 0.188 e. The maximum atomic E-state index is 8.25. The van der Waals surface area contributed by atoms with Crippen LogP contribution in [0.4, 0.5) is 0 Å². The monoisotopic (exact) mass is 460 g/mol. The molecule has 4 nitrogen and oxygen atoms in total. The van der Waals surface area contributed by atoms with Crippen LogP contribution in [-0.2, 0) is 0 Å². The van der Waals surface area contributed by atoms with Gasteiger partial charge in [0.1, 0.15) is 0 Å². The molecule has 0 aromatic carbocycles. The summed E-state index contributed by atoms with van der Waals surface area (Å²) in [7, 11) is 0. The molecule has 4 saturated carbocycles. The molecular weight excluding hydrogens is 415 g/mol. The first kappa shape index (κ1) is 26.1. The van der Waals surface area contributed by atoms with Crippen LogP contribution in [0.3, 0.4) is 0 Å². The van der Waals surface area contributed by atoms with Crippen LogP contribution in [0.25, 0.3) is 0 Å². The number of hydrogen-bond donors (Lipinski definition) is 3. The molecule has 0 aromatic heterocycles. The van der Waals surface area contributed by atoms with Crippen LogP contribution in [0.2, 0.25) is 0 Å². The number of nitrogens with zero attached hydrogens (tertiary/aromatic N) is 1. The van der Waals surface area contributed by atoms with E-state index < -0.39 is 0 Å². The van der Waals surface area contributed by atoms with Crippen molar-refractivity contribution in [2.45, 2.75) is 89.9 Å². The highest BCUT2D eigenvalue weighted by Crippen LogP contribution is 2.59. The van der Waals surface area contributed by atoms with Gasteiger partial charge in [0.25, 0.3) is 0 Å². The summed E-state index contributed by atoms with van der Waals surface area (Å²) in [4.78, 5) is 2.68. The molecule has 5 fully saturated rings. The Labute approximate surface area is 197 Å². The van der Waals surface area contributed by atoms with Gasteiger partial charge in [0.2, 0.25) is 0 Å². The van der Waals surface area contributed by atoms with E-state index >= 15 is 0 Å². The summed E-state index contributed by atoms with van der Waals surface area (Å²) >= 11 is 0. The molecular formula is C24H46Cl2N4. The van der Waals surface area contributed by atoms with E-state index in [2.05, 4.69) is 15.5 Å². The molecule has 0 atom stereocenters. The quantitative estimate of drug-likeness (QED) is 0.251. The fraction of sp³-hybridized carbons (Fsp3) is 0.958. The number of unbranched alkanes of at least 4 members (excludes halogenated alkanes) is 2. The molecule has 0 radical (unpaired) electrons. The summed E-state index contributed by atoms with van der Waals surface area (Å²) < 4.78 is 0. The number of likely N-dealkylation sites (tertiary alicyclic amines) is 1. The van der Waals surface area contributed by atoms with Crippen molar-refractivity contribution in [2.75, 3.05) is 32.7 Å². The zero-order valence-electron chi connectivity index (χ0n) is 18.9. The van der Waals surface area contributed by atoms with Gasteiger partial charge in [-0.3, -0.25) is 5.41 Å². The zero-order chi connectivity index (χ0) is 19.2. The second kappa shape index (κ2) is 12.7. The molecule has 0 amide bonds. The summed E-state index contributed by atoms with van der Waals surface area (Å²) in [5.41, 5.74) is 0.523. The number of nitrogens with one attached hydrogen (secondary N) is 3. The second-order valence-electron chi connectivity index (χ2n) is 10.7. The Morgan fingerprint density at radius 3 is 1.93 bits per heavy atom. The summed E-state index contributed by atoms with van der Waals surface area (Å²) in [5, 5.41) is 15.0. The first-order chi connectivity index (χ1) is 13.7. The SMILES string of the molecule is Cl.Cl.N=C(NCCCCCN1CCCCCCC1)NCC12CC3CC(CC(C3)C1)C2. The molecule has 4 aliphatic carbocycles. The minimum Gasteiger partial charge on any atom is -0.357 e. The lowest BCUT2D eigenvalue weighted by atomic mass is 9.49. The van der Waals surface area contributed by atoms with Crippen molar-refractivity contribution in [1.29, 1.82) is 5.41 Å². The topological polar surface area (TPSA) is 51.2 Å². The molecule has 5 rings (SSSR count). The zero-order valence-corrected chi connectivity index (χ0v) is 20.6. The van der Waals surface area contributed by atoms with Crippen LogP contribution in [0, 0.1) is 28.6 Å². The van der Waals surface area contributed by atoms with Crippen LogP contribution in [0.15, 0.2) is 0 Å². The Bertz CT molecular complexity index is 470. The summed E-state index contributed by atoms with van der Waals surface area (Å²) in [5.74, 6) is 3.58. The minimum atomic E-state index is 0. The van der Waals surface area contributed by atoms with Crippen molar-refractivity contribution in [2.24, 2.45) is 23.2 Å².